The van der Waals surface area contributed by atoms with E-state index in [1.54, 1.807) is 11.6 Å². The first-order valence-corrected chi connectivity index (χ1v) is 5.97. The molecule has 0 aliphatic rings. The Morgan fingerprint density at radius 1 is 1.41 bits per heavy atom. The minimum absolute atomic E-state index is 0.328. The van der Waals surface area contributed by atoms with Crippen molar-refractivity contribution in [2.75, 3.05) is 7.11 Å². The van der Waals surface area contributed by atoms with Crippen LogP contribution in [0.15, 0.2) is 17.6 Å². The van der Waals surface area contributed by atoms with Crippen LogP contribution in [0.1, 0.15) is 21.6 Å². The van der Waals surface area contributed by atoms with Gasteiger partial charge >= 0.3 is 5.97 Å². The van der Waals surface area contributed by atoms with E-state index < -0.39 is 5.97 Å². The van der Waals surface area contributed by atoms with Gasteiger partial charge in [0, 0.05) is 11.6 Å². The molecule has 0 saturated carbocycles. The minimum atomic E-state index is -0.419. The number of aromatic nitrogens is 2. The third-order valence-corrected chi connectivity index (χ3v) is 3.17. The summed E-state index contributed by atoms with van der Waals surface area (Å²) in [5, 5.41) is 2.42. The lowest BCUT2D eigenvalue weighted by Crippen LogP contribution is -2.01. The number of carbonyl (C=O) groups excluding carboxylic acids is 1. The van der Waals surface area contributed by atoms with Crippen LogP contribution in [0.25, 0.3) is 10.7 Å². The second-order valence-corrected chi connectivity index (χ2v) is 4.57. The largest absolute Gasteiger partial charge is 0.464 e. The zero-order valence-corrected chi connectivity index (χ0v) is 10.7. The molecule has 0 aromatic carbocycles. The number of pyridine rings is 1. The lowest BCUT2D eigenvalue weighted by atomic mass is 10.2. The van der Waals surface area contributed by atoms with Crippen molar-refractivity contribution in [3.63, 3.8) is 0 Å². The van der Waals surface area contributed by atoms with E-state index in [9.17, 15) is 4.79 Å². The fraction of sp³-hybridized carbons (Fsp3) is 0.250. The molecule has 0 spiro atoms. The average molecular weight is 248 g/mol. The monoisotopic (exact) mass is 248 g/mol. The molecule has 2 aromatic heterocycles. The highest BCUT2D eigenvalue weighted by molar-refractivity contribution is 7.13. The van der Waals surface area contributed by atoms with E-state index >= 15 is 0 Å². The van der Waals surface area contributed by atoms with Crippen molar-refractivity contribution in [1.82, 2.24) is 9.97 Å². The van der Waals surface area contributed by atoms with E-state index in [0.717, 1.165) is 21.8 Å². The number of hydrogen-bond acceptors (Lipinski definition) is 5. The molecule has 0 amide bonds. The molecule has 0 unspecified atom stereocenters. The van der Waals surface area contributed by atoms with Crippen LogP contribution < -0.4 is 0 Å². The van der Waals surface area contributed by atoms with Crippen LogP contribution in [0.3, 0.4) is 0 Å². The van der Waals surface area contributed by atoms with Crippen LogP contribution in [0.2, 0.25) is 0 Å². The third-order valence-electron chi connectivity index (χ3n) is 2.32. The highest BCUT2D eigenvalue weighted by Crippen LogP contribution is 2.25. The topological polar surface area (TPSA) is 52.1 Å². The van der Waals surface area contributed by atoms with Gasteiger partial charge in [-0.05, 0) is 25.0 Å². The molecule has 0 aliphatic heterocycles. The van der Waals surface area contributed by atoms with E-state index in [1.807, 2.05) is 19.9 Å². The normalized spacial score (nSPS) is 10.3. The second-order valence-electron chi connectivity index (χ2n) is 3.71. The molecule has 0 atom stereocenters. The number of rotatable bonds is 2. The molecule has 0 aliphatic carbocycles. The number of esters is 1. The molecule has 0 saturated heterocycles. The molecule has 0 fully saturated rings. The Morgan fingerprint density at radius 3 is 2.82 bits per heavy atom. The van der Waals surface area contributed by atoms with Crippen molar-refractivity contribution in [2.24, 2.45) is 0 Å². The summed E-state index contributed by atoms with van der Waals surface area (Å²) < 4.78 is 4.62. The Kier molecular flexibility index (Phi) is 3.19. The maximum atomic E-state index is 11.3. The molecule has 5 heteroatoms. The standard InChI is InChI=1S/C12H12N2O2S/c1-7-4-8(2)10(13-5-7)11-14-9(6-17-11)12(15)16-3/h4-6H,1-3H3. The van der Waals surface area contributed by atoms with Crippen LogP contribution in [0, 0.1) is 13.8 Å². The molecule has 0 N–H and O–H groups in total. The molecule has 2 aromatic rings. The predicted molar refractivity (Wildman–Crippen MR) is 66.2 cm³/mol. The highest BCUT2D eigenvalue weighted by Gasteiger charge is 2.13. The fourth-order valence-electron chi connectivity index (χ4n) is 1.52. The first kappa shape index (κ1) is 11.7. The number of thiazole rings is 1. The van der Waals surface area contributed by atoms with Gasteiger partial charge in [-0.1, -0.05) is 6.07 Å². The molecule has 2 heterocycles. The summed E-state index contributed by atoms with van der Waals surface area (Å²) >= 11 is 1.39. The zero-order chi connectivity index (χ0) is 12.4. The van der Waals surface area contributed by atoms with Crippen LogP contribution in [-0.2, 0) is 4.74 Å². The maximum Gasteiger partial charge on any atom is 0.357 e. The van der Waals surface area contributed by atoms with Gasteiger partial charge in [-0.3, -0.25) is 4.98 Å². The fourth-order valence-corrected chi connectivity index (χ4v) is 2.37. The summed E-state index contributed by atoms with van der Waals surface area (Å²) in [6.07, 6.45) is 1.79. The minimum Gasteiger partial charge on any atom is -0.464 e. The van der Waals surface area contributed by atoms with Gasteiger partial charge < -0.3 is 4.74 Å². The summed E-state index contributed by atoms with van der Waals surface area (Å²) in [7, 11) is 1.34. The number of hydrogen-bond donors (Lipinski definition) is 0. The number of nitrogens with zero attached hydrogens (tertiary/aromatic N) is 2. The maximum absolute atomic E-state index is 11.3. The molecule has 2 rings (SSSR count). The van der Waals surface area contributed by atoms with Crippen LogP contribution in [0.5, 0.6) is 0 Å². The van der Waals surface area contributed by atoms with Gasteiger partial charge in [0.2, 0.25) is 0 Å². The van der Waals surface area contributed by atoms with Gasteiger partial charge in [-0.15, -0.1) is 11.3 Å². The van der Waals surface area contributed by atoms with Crippen LogP contribution >= 0.6 is 11.3 Å². The van der Waals surface area contributed by atoms with Crippen LogP contribution in [0.4, 0.5) is 0 Å². The van der Waals surface area contributed by atoms with Crippen molar-refractivity contribution in [3.8, 4) is 10.7 Å². The Hall–Kier alpha value is -1.75. The lowest BCUT2D eigenvalue weighted by molar-refractivity contribution is 0.0595. The van der Waals surface area contributed by atoms with E-state index in [1.165, 1.54) is 18.4 Å². The quantitative estimate of drug-likeness (QED) is 0.766. The molecule has 0 bridgehead atoms. The molecule has 17 heavy (non-hydrogen) atoms. The van der Waals surface area contributed by atoms with Crippen molar-refractivity contribution in [2.45, 2.75) is 13.8 Å². The summed E-state index contributed by atoms with van der Waals surface area (Å²) in [5.41, 5.74) is 3.30. The van der Waals surface area contributed by atoms with Crippen molar-refractivity contribution in [3.05, 3.63) is 34.5 Å². The third kappa shape index (κ3) is 2.34. The first-order valence-electron chi connectivity index (χ1n) is 5.09. The Labute approximate surface area is 103 Å². The zero-order valence-electron chi connectivity index (χ0n) is 9.85. The number of ether oxygens (including phenoxy) is 1. The molecule has 88 valence electrons. The van der Waals surface area contributed by atoms with Gasteiger partial charge in [-0.25, -0.2) is 9.78 Å². The summed E-state index contributed by atoms with van der Waals surface area (Å²) in [6.45, 7) is 3.97. The van der Waals surface area contributed by atoms with Crippen molar-refractivity contribution >= 4 is 17.3 Å². The van der Waals surface area contributed by atoms with Gasteiger partial charge in [0.15, 0.2) is 5.69 Å². The predicted octanol–water partition coefficient (Wildman–Crippen LogP) is 2.61. The molecular formula is C12H12N2O2S. The van der Waals surface area contributed by atoms with Crippen molar-refractivity contribution in [1.29, 1.82) is 0 Å². The van der Waals surface area contributed by atoms with Crippen molar-refractivity contribution < 1.29 is 9.53 Å². The smallest absolute Gasteiger partial charge is 0.357 e. The Morgan fingerprint density at radius 2 is 2.18 bits per heavy atom. The van der Waals surface area contributed by atoms with E-state index in [2.05, 4.69) is 14.7 Å². The summed E-state index contributed by atoms with van der Waals surface area (Å²) in [6, 6.07) is 2.04. The van der Waals surface area contributed by atoms with E-state index in [-0.39, 0.29) is 0 Å². The van der Waals surface area contributed by atoms with Gasteiger partial charge in [-0.2, -0.15) is 0 Å². The summed E-state index contributed by atoms with van der Waals surface area (Å²) in [4.78, 5) is 19.9. The number of aryl methyl sites for hydroxylation is 2. The van der Waals surface area contributed by atoms with E-state index in [4.69, 9.17) is 0 Å². The SMILES string of the molecule is COC(=O)c1csc(-c2ncc(C)cc2C)n1. The Bertz CT molecular complexity index is 563. The lowest BCUT2D eigenvalue weighted by Gasteiger charge is -2.01. The number of methoxy groups -OCH3 is 1. The second kappa shape index (κ2) is 4.63. The molecule has 4 nitrogen and oxygen atoms in total. The van der Waals surface area contributed by atoms with Gasteiger partial charge in [0.25, 0.3) is 0 Å². The Balaban J connectivity index is 2.40. The number of carbonyl (C=O) groups is 1. The van der Waals surface area contributed by atoms with Gasteiger partial charge in [0.1, 0.15) is 10.7 Å². The molecule has 0 radical (unpaired) electrons. The average Bonchev–Trinajstić information content (AvgIpc) is 2.77. The van der Waals surface area contributed by atoms with Gasteiger partial charge in [0.05, 0.1) is 7.11 Å². The first-order chi connectivity index (χ1) is 8.11. The van der Waals surface area contributed by atoms with Crippen LogP contribution in [-0.4, -0.2) is 23.0 Å². The van der Waals surface area contributed by atoms with E-state index in [0.29, 0.717) is 5.69 Å². The molecular weight excluding hydrogens is 236 g/mol. The highest BCUT2D eigenvalue weighted by atomic mass is 32.1. The summed E-state index contributed by atoms with van der Waals surface area (Å²) in [5.74, 6) is -0.419.